The topological polar surface area (TPSA) is 182 Å². The lowest BCUT2D eigenvalue weighted by molar-refractivity contribution is 0.0485. The van der Waals surface area contributed by atoms with E-state index in [-0.39, 0.29) is 89.4 Å². The Morgan fingerprint density at radius 2 is 0.788 bits per heavy atom. The van der Waals surface area contributed by atoms with Crippen LogP contribution in [0.4, 0.5) is 17.1 Å². The number of rotatable bonds is 34. The van der Waals surface area contributed by atoms with Crippen LogP contribution >= 0.6 is 0 Å². The Kier molecular flexibility index (Phi) is 26.7. The minimum absolute atomic E-state index is 0.00322. The van der Waals surface area contributed by atoms with Crippen molar-refractivity contribution in [3.05, 3.63) is 76.3 Å². The van der Waals surface area contributed by atoms with Crippen molar-refractivity contribution in [2.75, 3.05) is 49.4 Å². The maximum absolute atomic E-state index is 14.6. The number of esters is 3. The molecule has 13 heteroatoms. The van der Waals surface area contributed by atoms with E-state index < -0.39 is 29.7 Å². The van der Waals surface area contributed by atoms with Gasteiger partial charge in [0.1, 0.15) is 11.5 Å². The summed E-state index contributed by atoms with van der Waals surface area (Å²) in [6.45, 7) is 11.6. The first-order valence-corrected chi connectivity index (χ1v) is 24.7. The number of nitrogens with one attached hydrogen (secondary N) is 2. The van der Waals surface area contributed by atoms with Gasteiger partial charge in [0.15, 0.2) is 0 Å². The third-order valence-electron chi connectivity index (χ3n) is 11.0. The lowest BCUT2D eigenvalue weighted by atomic mass is 10.0. The maximum atomic E-state index is 14.6. The molecule has 0 heterocycles. The highest BCUT2D eigenvalue weighted by molar-refractivity contribution is 6.14. The zero-order valence-electron chi connectivity index (χ0n) is 40.5. The molecule has 4 N–H and O–H groups in total. The zero-order valence-corrected chi connectivity index (χ0v) is 40.5. The summed E-state index contributed by atoms with van der Waals surface area (Å²) in [6.07, 6.45) is 18.2. The molecule has 0 radical (unpaired) electrons. The average molecular weight is 916 g/mol. The van der Waals surface area contributed by atoms with Crippen LogP contribution in [0.3, 0.4) is 0 Å². The smallest absolute Gasteiger partial charge is 0.340 e. The van der Waals surface area contributed by atoms with Crippen LogP contribution in [0, 0.1) is 0 Å². The van der Waals surface area contributed by atoms with Crippen LogP contribution < -0.4 is 25.8 Å². The predicted molar refractivity (Wildman–Crippen MR) is 262 cm³/mol. The van der Waals surface area contributed by atoms with Gasteiger partial charge in [-0.2, -0.15) is 0 Å². The minimum atomic E-state index is -0.718. The van der Waals surface area contributed by atoms with Crippen LogP contribution in [-0.4, -0.2) is 62.8 Å². The SMILES string of the molecule is CCCCCCOC(=O)c1cc(NC(=O)c2cc(OCCCCCC)c(C(=O)Nc3ccccc3C(=O)OCCCCCC)cc2OCCCCCC)c(C(=O)OCCCCCC)cc1N. The fourth-order valence-electron chi connectivity index (χ4n) is 7.10. The lowest BCUT2D eigenvalue weighted by Gasteiger charge is -2.19. The second-order valence-electron chi connectivity index (χ2n) is 16.7. The van der Waals surface area contributed by atoms with Gasteiger partial charge >= 0.3 is 17.9 Å². The summed E-state index contributed by atoms with van der Waals surface area (Å²) in [6, 6.07) is 12.2. The summed E-state index contributed by atoms with van der Waals surface area (Å²) in [4.78, 5) is 69.2. The number of nitrogen functional groups attached to an aromatic ring is 1. The molecule has 0 fully saturated rings. The molecule has 3 aromatic carbocycles. The van der Waals surface area contributed by atoms with Gasteiger partial charge in [-0.15, -0.1) is 0 Å². The summed E-state index contributed by atoms with van der Waals surface area (Å²) in [5, 5.41) is 5.71. The minimum Gasteiger partial charge on any atom is -0.493 e. The number of carbonyl (C=O) groups is 5. The molecule has 0 atom stereocenters. The number of unbranched alkanes of at least 4 members (excludes halogenated alkanes) is 15. The van der Waals surface area contributed by atoms with Crippen molar-refractivity contribution in [2.45, 2.75) is 163 Å². The van der Waals surface area contributed by atoms with Crippen LogP contribution in [0.5, 0.6) is 11.5 Å². The van der Waals surface area contributed by atoms with Crippen LogP contribution in [0.1, 0.15) is 215 Å². The first-order valence-electron chi connectivity index (χ1n) is 24.7. The normalized spacial score (nSPS) is 10.9. The molecule has 0 unspecified atom stereocenters. The largest absolute Gasteiger partial charge is 0.493 e. The molecule has 3 rings (SSSR count). The number of ether oxygens (including phenoxy) is 5. The summed E-state index contributed by atoms with van der Waals surface area (Å²) >= 11 is 0. The predicted octanol–water partition coefficient (Wildman–Crippen LogP) is 12.9. The van der Waals surface area contributed by atoms with Gasteiger partial charge in [-0.25, -0.2) is 14.4 Å². The Bertz CT molecular complexity index is 1970. The summed E-state index contributed by atoms with van der Waals surface area (Å²) in [5.41, 5.74) is 6.84. The number of benzene rings is 3. The Hall–Kier alpha value is -5.59. The van der Waals surface area contributed by atoms with Gasteiger partial charge in [0, 0.05) is 5.69 Å². The first-order chi connectivity index (χ1) is 32.1. The van der Waals surface area contributed by atoms with E-state index in [9.17, 15) is 24.0 Å². The van der Waals surface area contributed by atoms with Gasteiger partial charge in [-0.1, -0.05) is 143 Å². The van der Waals surface area contributed by atoms with Crippen LogP contribution in [-0.2, 0) is 14.2 Å². The van der Waals surface area contributed by atoms with E-state index >= 15 is 0 Å². The van der Waals surface area contributed by atoms with Crippen molar-refractivity contribution in [3.63, 3.8) is 0 Å². The van der Waals surface area contributed by atoms with E-state index in [2.05, 4.69) is 45.3 Å². The van der Waals surface area contributed by atoms with Gasteiger partial charge in [0.2, 0.25) is 0 Å². The molecular formula is C53H77N3O10. The second-order valence-corrected chi connectivity index (χ2v) is 16.7. The molecule has 0 spiro atoms. The van der Waals surface area contributed by atoms with Crippen LogP contribution in [0.25, 0.3) is 0 Å². The number of para-hydroxylation sites is 1. The third-order valence-corrected chi connectivity index (χ3v) is 11.0. The summed E-state index contributed by atoms with van der Waals surface area (Å²) < 4.78 is 29.3. The van der Waals surface area contributed by atoms with Crippen molar-refractivity contribution < 1.29 is 47.7 Å². The van der Waals surface area contributed by atoms with Crippen molar-refractivity contribution in [1.82, 2.24) is 0 Å². The van der Waals surface area contributed by atoms with Gasteiger partial charge < -0.3 is 40.1 Å². The highest BCUT2D eigenvalue weighted by atomic mass is 16.5. The molecular weight excluding hydrogens is 839 g/mol. The Labute approximate surface area is 393 Å². The first kappa shape index (κ1) is 54.7. The molecule has 0 bridgehead atoms. The van der Waals surface area contributed by atoms with E-state index in [0.717, 1.165) is 103 Å². The summed E-state index contributed by atoms with van der Waals surface area (Å²) in [7, 11) is 0. The van der Waals surface area contributed by atoms with Crippen LogP contribution in [0.2, 0.25) is 0 Å². The van der Waals surface area contributed by atoms with Crippen molar-refractivity contribution in [2.24, 2.45) is 0 Å². The molecule has 0 aliphatic carbocycles. The number of hydrogen-bond acceptors (Lipinski definition) is 11. The average Bonchev–Trinajstić information content (AvgIpc) is 3.31. The van der Waals surface area contributed by atoms with Gasteiger partial charge in [-0.3, -0.25) is 9.59 Å². The second kappa shape index (κ2) is 32.1. The number of hydrogen-bond donors (Lipinski definition) is 3. The quantitative estimate of drug-likeness (QED) is 0.0224. The van der Waals surface area contributed by atoms with E-state index in [1.165, 1.54) is 24.3 Å². The van der Waals surface area contributed by atoms with Gasteiger partial charge in [0.05, 0.1) is 72.2 Å². The van der Waals surface area contributed by atoms with E-state index in [1.807, 2.05) is 0 Å². The third kappa shape index (κ3) is 19.1. The monoisotopic (exact) mass is 916 g/mol. The number of anilines is 3. The molecule has 0 aromatic heterocycles. The molecule has 66 heavy (non-hydrogen) atoms. The standard InChI is InChI=1S/C53H77N3O10/c1-6-11-16-23-30-62-47-38-43(50(58)56-46-36-40(52(60)65-33-26-19-14-9-4)44(54)35-41(46)53(61)66-34-27-20-15-10-5)48(63-31-24-17-12-7-2)37-42(47)49(57)55-45-29-22-21-28-39(45)51(59)64-32-25-18-13-8-3/h21-22,28-29,35-38H,6-20,23-27,30-34,54H2,1-5H3,(H,55,57)(H,56,58). The van der Waals surface area contributed by atoms with Crippen LogP contribution in [0.15, 0.2) is 48.5 Å². The molecule has 2 amide bonds. The molecule has 0 saturated carbocycles. The molecule has 0 aliphatic rings. The van der Waals surface area contributed by atoms with E-state index in [0.29, 0.717) is 25.7 Å². The molecule has 3 aromatic rings. The molecule has 0 saturated heterocycles. The summed E-state index contributed by atoms with van der Waals surface area (Å²) in [5.74, 6) is -3.05. The number of amides is 2. The number of nitrogens with two attached hydrogens (primary N) is 1. The van der Waals surface area contributed by atoms with Gasteiger partial charge in [0.25, 0.3) is 11.8 Å². The zero-order chi connectivity index (χ0) is 47.9. The van der Waals surface area contributed by atoms with E-state index in [1.54, 1.807) is 24.3 Å². The van der Waals surface area contributed by atoms with Crippen molar-refractivity contribution >= 4 is 46.8 Å². The van der Waals surface area contributed by atoms with Crippen molar-refractivity contribution in [3.8, 4) is 11.5 Å². The lowest BCUT2D eigenvalue weighted by Crippen LogP contribution is -2.21. The molecule has 364 valence electrons. The Morgan fingerprint density at radius 1 is 0.409 bits per heavy atom. The fraction of sp³-hybridized carbons (Fsp3) is 0.566. The fourth-order valence-corrected chi connectivity index (χ4v) is 7.10. The Balaban J connectivity index is 2.10. The maximum Gasteiger partial charge on any atom is 0.340 e. The van der Waals surface area contributed by atoms with Gasteiger partial charge in [-0.05, 0) is 68.5 Å². The molecule has 0 aliphatic heterocycles. The molecule has 13 nitrogen and oxygen atoms in total. The Morgan fingerprint density at radius 3 is 1.23 bits per heavy atom. The van der Waals surface area contributed by atoms with Crippen molar-refractivity contribution in [1.29, 1.82) is 0 Å². The van der Waals surface area contributed by atoms with E-state index in [4.69, 9.17) is 29.4 Å². The number of carbonyl (C=O) groups excluding carboxylic acids is 5. The highest BCUT2D eigenvalue weighted by Crippen LogP contribution is 2.33. The highest BCUT2D eigenvalue weighted by Gasteiger charge is 2.27.